The number of hydrogen-bond acceptors (Lipinski definition) is 4. The van der Waals surface area contributed by atoms with Gasteiger partial charge < -0.3 is 10.5 Å². The summed E-state index contributed by atoms with van der Waals surface area (Å²) in [6.45, 7) is 2.53. The Labute approximate surface area is 146 Å². The Hall–Kier alpha value is -3.28. The second kappa shape index (κ2) is 7.53. The van der Waals surface area contributed by atoms with Crippen molar-refractivity contribution in [3.8, 4) is 0 Å². The minimum Gasteiger partial charge on any atom is -0.444 e. The van der Waals surface area contributed by atoms with Gasteiger partial charge in [0.15, 0.2) is 0 Å². The second-order valence-electron chi connectivity index (χ2n) is 5.68. The van der Waals surface area contributed by atoms with Gasteiger partial charge in [0.2, 0.25) is 0 Å². The van der Waals surface area contributed by atoms with E-state index in [0.29, 0.717) is 23.7 Å². The van der Waals surface area contributed by atoms with Crippen LogP contribution in [0.25, 0.3) is 0 Å². The van der Waals surface area contributed by atoms with E-state index in [1.54, 1.807) is 11.6 Å². The van der Waals surface area contributed by atoms with Crippen LogP contribution in [-0.4, -0.2) is 15.9 Å². The van der Waals surface area contributed by atoms with Gasteiger partial charge in [0.25, 0.3) is 0 Å². The Balaban J connectivity index is 1.65. The number of ether oxygens (including phenoxy) is 1. The first-order valence-electron chi connectivity index (χ1n) is 7.98. The molecule has 3 aromatic rings. The zero-order valence-corrected chi connectivity index (χ0v) is 14.0. The highest BCUT2D eigenvalue weighted by molar-refractivity contribution is 5.89. The van der Waals surface area contributed by atoms with Crippen molar-refractivity contribution in [2.75, 3.05) is 11.1 Å². The third-order valence-electron chi connectivity index (χ3n) is 3.78. The molecule has 0 saturated heterocycles. The van der Waals surface area contributed by atoms with Crippen molar-refractivity contribution in [1.82, 2.24) is 9.78 Å². The third kappa shape index (κ3) is 4.17. The number of carbonyl (C=O) groups is 1. The van der Waals surface area contributed by atoms with Gasteiger partial charge in [0.05, 0.1) is 12.2 Å². The Morgan fingerprint density at radius 2 is 1.68 bits per heavy atom. The number of aromatic nitrogens is 2. The second-order valence-corrected chi connectivity index (χ2v) is 5.68. The first-order chi connectivity index (χ1) is 12.1. The maximum atomic E-state index is 12.0. The van der Waals surface area contributed by atoms with Gasteiger partial charge in [-0.25, -0.2) is 9.48 Å². The van der Waals surface area contributed by atoms with E-state index in [4.69, 9.17) is 10.5 Å². The highest BCUT2D eigenvalue weighted by atomic mass is 16.5. The van der Waals surface area contributed by atoms with Crippen LogP contribution in [0.1, 0.15) is 16.8 Å². The Morgan fingerprint density at radius 1 is 1.08 bits per heavy atom. The van der Waals surface area contributed by atoms with Crippen molar-refractivity contribution in [3.63, 3.8) is 0 Å². The average Bonchev–Trinajstić information content (AvgIpc) is 2.89. The number of nitrogens with one attached hydrogen (secondary N) is 1. The van der Waals surface area contributed by atoms with Crippen LogP contribution in [0, 0.1) is 6.92 Å². The van der Waals surface area contributed by atoms with Gasteiger partial charge in [-0.1, -0.05) is 60.7 Å². The van der Waals surface area contributed by atoms with Crippen LogP contribution < -0.4 is 11.1 Å². The van der Waals surface area contributed by atoms with Gasteiger partial charge in [0, 0.05) is 0 Å². The lowest BCUT2D eigenvalue weighted by Crippen LogP contribution is -2.15. The summed E-state index contributed by atoms with van der Waals surface area (Å²) in [5.74, 6) is 0.401. The number of rotatable bonds is 5. The molecule has 0 fully saturated rings. The number of benzene rings is 2. The molecule has 0 radical (unpaired) electrons. The van der Waals surface area contributed by atoms with Crippen molar-refractivity contribution < 1.29 is 9.53 Å². The lowest BCUT2D eigenvalue weighted by atomic mass is 10.2. The van der Waals surface area contributed by atoms with E-state index in [0.717, 1.165) is 11.1 Å². The maximum Gasteiger partial charge on any atom is 0.412 e. The van der Waals surface area contributed by atoms with Gasteiger partial charge in [-0.2, -0.15) is 5.10 Å². The molecule has 0 bridgehead atoms. The monoisotopic (exact) mass is 336 g/mol. The lowest BCUT2D eigenvalue weighted by molar-refractivity contribution is 0.155. The summed E-state index contributed by atoms with van der Waals surface area (Å²) in [5.41, 5.74) is 9.26. The van der Waals surface area contributed by atoms with E-state index < -0.39 is 6.09 Å². The van der Waals surface area contributed by atoms with Crippen LogP contribution in [0.4, 0.5) is 16.3 Å². The molecule has 1 heterocycles. The standard InChI is InChI=1S/C19H20N4O2/c1-14-17(21-19(24)25-13-16-10-6-3-7-11-16)18(20)23(22-14)12-15-8-4-2-5-9-15/h2-11H,12-13,20H2,1H3,(H,21,24). The predicted molar refractivity (Wildman–Crippen MR) is 97.2 cm³/mol. The molecule has 6 heteroatoms. The fourth-order valence-electron chi connectivity index (χ4n) is 2.49. The molecule has 3 N–H and O–H groups in total. The molecule has 6 nitrogen and oxygen atoms in total. The number of nitrogens with zero attached hydrogens (tertiary/aromatic N) is 2. The normalized spacial score (nSPS) is 10.4. The molecule has 0 aliphatic carbocycles. The Kier molecular flexibility index (Phi) is 4.99. The first kappa shape index (κ1) is 16.6. The van der Waals surface area contributed by atoms with Crippen LogP contribution in [0.15, 0.2) is 60.7 Å². The van der Waals surface area contributed by atoms with Gasteiger partial charge in [-0.15, -0.1) is 0 Å². The molecule has 0 aliphatic heterocycles. The van der Waals surface area contributed by atoms with Crippen LogP contribution in [0.3, 0.4) is 0 Å². The van der Waals surface area contributed by atoms with E-state index in [-0.39, 0.29) is 6.61 Å². The zero-order chi connectivity index (χ0) is 17.6. The van der Waals surface area contributed by atoms with Crippen molar-refractivity contribution >= 4 is 17.6 Å². The molecule has 1 aromatic heterocycles. The first-order valence-corrected chi connectivity index (χ1v) is 7.98. The molecule has 2 aromatic carbocycles. The van der Waals surface area contributed by atoms with Gasteiger partial charge in [0.1, 0.15) is 18.1 Å². The van der Waals surface area contributed by atoms with Crippen molar-refractivity contribution in [3.05, 3.63) is 77.5 Å². The number of aryl methyl sites for hydroxylation is 1. The Morgan fingerprint density at radius 3 is 2.32 bits per heavy atom. The van der Waals surface area contributed by atoms with Crippen LogP contribution in [0.5, 0.6) is 0 Å². The summed E-state index contributed by atoms with van der Waals surface area (Å²) in [4.78, 5) is 12.0. The van der Waals surface area contributed by atoms with E-state index >= 15 is 0 Å². The molecule has 0 saturated carbocycles. The number of hydrogen-bond donors (Lipinski definition) is 2. The summed E-state index contributed by atoms with van der Waals surface area (Å²) >= 11 is 0. The van der Waals surface area contributed by atoms with Crippen molar-refractivity contribution in [2.24, 2.45) is 0 Å². The number of nitrogens with two attached hydrogens (primary N) is 1. The number of carbonyl (C=O) groups excluding carboxylic acids is 1. The summed E-state index contributed by atoms with van der Waals surface area (Å²) in [5, 5.41) is 7.08. The van der Waals surface area contributed by atoms with Gasteiger partial charge in [-0.05, 0) is 18.1 Å². The molecule has 0 atom stereocenters. The summed E-state index contributed by atoms with van der Waals surface area (Å²) in [6, 6.07) is 19.4. The molecule has 128 valence electrons. The summed E-state index contributed by atoms with van der Waals surface area (Å²) in [7, 11) is 0. The highest BCUT2D eigenvalue weighted by Gasteiger charge is 2.16. The van der Waals surface area contributed by atoms with Crippen molar-refractivity contribution in [2.45, 2.75) is 20.1 Å². The minimum absolute atomic E-state index is 0.198. The zero-order valence-electron chi connectivity index (χ0n) is 14.0. The Bertz CT molecular complexity index is 845. The van der Waals surface area contributed by atoms with Gasteiger partial charge in [-0.3, -0.25) is 5.32 Å². The summed E-state index contributed by atoms with van der Waals surface area (Å²) in [6.07, 6.45) is -0.557. The summed E-state index contributed by atoms with van der Waals surface area (Å²) < 4.78 is 6.89. The van der Waals surface area contributed by atoms with E-state index in [2.05, 4.69) is 10.4 Å². The topological polar surface area (TPSA) is 82.2 Å². The number of amides is 1. The lowest BCUT2D eigenvalue weighted by Gasteiger charge is -2.08. The average molecular weight is 336 g/mol. The van der Waals surface area contributed by atoms with Crippen LogP contribution in [0.2, 0.25) is 0 Å². The molecule has 1 amide bonds. The fraction of sp³-hybridized carbons (Fsp3) is 0.158. The van der Waals surface area contributed by atoms with Crippen LogP contribution in [-0.2, 0) is 17.9 Å². The maximum absolute atomic E-state index is 12.0. The predicted octanol–water partition coefficient (Wildman–Crippen LogP) is 3.57. The molecule has 0 unspecified atom stereocenters. The third-order valence-corrected chi connectivity index (χ3v) is 3.78. The molecule has 3 rings (SSSR count). The molecule has 25 heavy (non-hydrogen) atoms. The fourth-order valence-corrected chi connectivity index (χ4v) is 2.49. The smallest absolute Gasteiger partial charge is 0.412 e. The molecule has 0 aliphatic rings. The molecular formula is C19H20N4O2. The van der Waals surface area contributed by atoms with Crippen LogP contribution >= 0.6 is 0 Å². The molecule has 0 spiro atoms. The van der Waals surface area contributed by atoms with E-state index in [9.17, 15) is 4.79 Å². The highest BCUT2D eigenvalue weighted by Crippen LogP contribution is 2.24. The number of anilines is 2. The van der Waals surface area contributed by atoms with Crippen molar-refractivity contribution in [1.29, 1.82) is 0 Å². The largest absolute Gasteiger partial charge is 0.444 e. The molecular weight excluding hydrogens is 316 g/mol. The number of nitrogen functional groups attached to an aromatic ring is 1. The minimum atomic E-state index is -0.557. The van der Waals surface area contributed by atoms with E-state index in [1.807, 2.05) is 60.7 Å². The SMILES string of the molecule is Cc1nn(Cc2ccccc2)c(N)c1NC(=O)OCc1ccccc1. The quantitative estimate of drug-likeness (QED) is 0.746. The van der Waals surface area contributed by atoms with E-state index in [1.165, 1.54) is 0 Å². The van der Waals surface area contributed by atoms with Gasteiger partial charge >= 0.3 is 6.09 Å².